The lowest BCUT2D eigenvalue weighted by atomic mass is 10.0. The molecule has 0 fully saturated rings. The maximum atomic E-state index is 10.7. The molecule has 0 heterocycles. The van der Waals surface area contributed by atoms with Gasteiger partial charge >= 0.3 is 0 Å². The molecule has 0 aliphatic heterocycles. The summed E-state index contributed by atoms with van der Waals surface area (Å²) in [7, 11) is 0. The summed E-state index contributed by atoms with van der Waals surface area (Å²) in [5, 5.41) is 18.3. The van der Waals surface area contributed by atoms with E-state index in [1.165, 1.54) is 6.07 Å². The minimum Gasteiger partial charge on any atom is -0.507 e. The van der Waals surface area contributed by atoms with Gasteiger partial charge in [0.15, 0.2) is 6.29 Å². The van der Waals surface area contributed by atoms with E-state index in [4.69, 9.17) is 5.11 Å². The minimum absolute atomic E-state index is 0.00937. The van der Waals surface area contributed by atoms with Crippen molar-refractivity contribution in [1.82, 2.24) is 0 Å². The molecular formula is C14H12O3. The second kappa shape index (κ2) is 4.80. The standard InChI is InChI=1S/C14H12O3/c15-8-10-1-3-11(4-2-10)12-5-6-14(17)13(7-12)9-16/h1-7,9,15,17H,8H2. The molecule has 2 aromatic rings. The molecule has 0 bridgehead atoms. The van der Waals surface area contributed by atoms with E-state index in [2.05, 4.69) is 0 Å². The maximum Gasteiger partial charge on any atom is 0.153 e. The maximum absolute atomic E-state index is 10.7. The molecule has 0 spiro atoms. The summed E-state index contributed by atoms with van der Waals surface area (Å²) in [6, 6.07) is 12.3. The van der Waals surface area contributed by atoms with Gasteiger partial charge in [0.2, 0.25) is 0 Å². The van der Waals surface area contributed by atoms with Gasteiger partial charge in [-0.2, -0.15) is 0 Å². The van der Waals surface area contributed by atoms with E-state index in [1.54, 1.807) is 12.1 Å². The van der Waals surface area contributed by atoms with Crippen LogP contribution in [0.4, 0.5) is 0 Å². The molecular weight excluding hydrogens is 216 g/mol. The van der Waals surface area contributed by atoms with E-state index in [1.807, 2.05) is 24.3 Å². The molecule has 0 unspecified atom stereocenters. The Hall–Kier alpha value is -2.13. The molecule has 17 heavy (non-hydrogen) atoms. The normalized spacial score (nSPS) is 10.2. The number of phenolic OH excluding ortho intramolecular Hbond substituents is 1. The van der Waals surface area contributed by atoms with Crippen molar-refractivity contribution >= 4 is 6.29 Å². The van der Waals surface area contributed by atoms with Crippen LogP contribution >= 0.6 is 0 Å². The second-order valence-electron chi connectivity index (χ2n) is 3.75. The Morgan fingerprint density at radius 2 is 1.65 bits per heavy atom. The Labute approximate surface area is 99.0 Å². The van der Waals surface area contributed by atoms with Crippen LogP contribution in [0.15, 0.2) is 42.5 Å². The van der Waals surface area contributed by atoms with Gasteiger partial charge in [0.25, 0.3) is 0 Å². The van der Waals surface area contributed by atoms with E-state index < -0.39 is 0 Å². The van der Waals surface area contributed by atoms with E-state index in [9.17, 15) is 9.90 Å². The van der Waals surface area contributed by atoms with Crippen LogP contribution < -0.4 is 0 Å². The summed E-state index contributed by atoms with van der Waals surface area (Å²) in [6.45, 7) is 0.00937. The van der Waals surface area contributed by atoms with Gasteiger partial charge < -0.3 is 10.2 Å². The fourth-order valence-corrected chi connectivity index (χ4v) is 1.63. The molecule has 3 nitrogen and oxygen atoms in total. The van der Waals surface area contributed by atoms with Crippen molar-refractivity contribution in [2.75, 3.05) is 0 Å². The Balaban J connectivity index is 2.41. The van der Waals surface area contributed by atoms with Crippen molar-refractivity contribution in [1.29, 1.82) is 0 Å². The zero-order chi connectivity index (χ0) is 12.3. The number of hydrogen-bond donors (Lipinski definition) is 2. The number of aldehydes is 1. The first-order chi connectivity index (χ1) is 8.24. The molecule has 0 aliphatic rings. The first kappa shape index (κ1) is 11.4. The van der Waals surface area contributed by atoms with Gasteiger partial charge in [-0.3, -0.25) is 4.79 Å². The zero-order valence-electron chi connectivity index (χ0n) is 9.13. The monoisotopic (exact) mass is 228 g/mol. The van der Waals surface area contributed by atoms with Crippen LogP contribution in [-0.2, 0) is 6.61 Å². The Morgan fingerprint density at radius 3 is 2.24 bits per heavy atom. The smallest absolute Gasteiger partial charge is 0.153 e. The molecule has 0 aliphatic carbocycles. The van der Waals surface area contributed by atoms with Crippen molar-refractivity contribution in [2.24, 2.45) is 0 Å². The van der Waals surface area contributed by atoms with Gasteiger partial charge in [0, 0.05) is 0 Å². The lowest BCUT2D eigenvalue weighted by Gasteiger charge is -2.05. The summed E-state index contributed by atoms with van der Waals surface area (Å²) >= 11 is 0. The SMILES string of the molecule is O=Cc1cc(-c2ccc(CO)cc2)ccc1O. The highest BCUT2D eigenvalue weighted by atomic mass is 16.3. The number of aliphatic hydroxyl groups excluding tert-OH is 1. The van der Waals surface area contributed by atoms with E-state index in [0.29, 0.717) is 6.29 Å². The molecule has 2 aromatic carbocycles. The molecule has 3 heteroatoms. The number of phenols is 1. The van der Waals surface area contributed by atoms with Crippen molar-refractivity contribution < 1.29 is 15.0 Å². The predicted octanol–water partition coefficient (Wildman–Crippen LogP) is 2.36. The number of carbonyl (C=O) groups is 1. The summed E-state index contributed by atoms with van der Waals surface area (Å²) in [6.07, 6.45) is 0.626. The highest BCUT2D eigenvalue weighted by Crippen LogP contribution is 2.25. The van der Waals surface area contributed by atoms with Gasteiger partial charge in [0.1, 0.15) is 5.75 Å². The predicted molar refractivity (Wildman–Crippen MR) is 64.9 cm³/mol. The first-order valence-corrected chi connectivity index (χ1v) is 5.23. The number of carbonyl (C=O) groups excluding carboxylic acids is 1. The van der Waals surface area contributed by atoms with Crippen LogP contribution in [0.5, 0.6) is 5.75 Å². The third-order valence-electron chi connectivity index (χ3n) is 2.62. The molecule has 0 amide bonds. The summed E-state index contributed by atoms with van der Waals surface area (Å²) in [5.74, 6) is -0.0178. The average molecular weight is 228 g/mol. The molecule has 0 aromatic heterocycles. The fourth-order valence-electron chi connectivity index (χ4n) is 1.63. The number of aliphatic hydroxyl groups is 1. The van der Waals surface area contributed by atoms with Crippen molar-refractivity contribution in [2.45, 2.75) is 6.61 Å². The van der Waals surface area contributed by atoms with Gasteiger partial charge in [0.05, 0.1) is 12.2 Å². The van der Waals surface area contributed by atoms with Crippen LogP contribution in [0, 0.1) is 0 Å². The van der Waals surface area contributed by atoms with Gasteiger partial charge in [-0.25, -0.2) is 0 Å². The average Bonchev–Trinajstić information content (AvgIpc) is 2.39. The molecule has 86 valence electrons. The third-order valence-corrected chi connectivity index (χ3v) is 2.62. The van der Waals surface area contributed by atoms with E-state index in [-0.39, 0.29) is 17.9 Å². The Morgan fingerprint density at radius 1 is 1.00 bits per heavy atom. The molecule has 2 N–H and O–H groups in total. The van der Waals surface area contributed by atoms with Gasteiger partial charge in [-0.1, -0.05) is 30.3 Å². The lowest BCUT2D eigenvalue weighted by molar-refractivity contribution is 0.112. The molecule has 2 rings (SSSR count). The van der Waals surface area contributed by atoms with E-state index in [0.717, 1.165) is 16.7 Å². The zero-order valence-corrected chi connectivity index (χ0v) is 9.13. The minimum atomic E-state index is -0.0178. The number of rotatable bonds is 3. The first-order valence-electron chi connectivity index (χ1n) is 5.23. The topological polar surface area (TPSA) is 57.5 Å². The largest absolute Gasteiger partial charge is 0.507 e. The Kier molecular flexibility index (Phi) is 3.21. The van der Waals surface area contributed by atoms with Crippen LogP contribution in [-0.4, -0.2) is 16.5 Å². The molecule has 0 saturated heterocycles. The van der Waals surface area contributed by atoms with E-state index >= 15 is 0 Å². The van der Waals surface area contributed by atoms with Crippen LogP contribution in [0.25, 0.3) is 11.1 Å². The summed E-state index contributed by atoms with van der Waals surface area (Å²) < 4.78 is 0. The van der Waals surface area contributed by atoms with Crippen LogP contribution in [0.1, 0.15) is 15.9 Å². The summed E-state index contributed by atoms with van der Waals surface area (Å²) in [5.41, 5.74) is 2.90. The summed E-state index contributed by atoms with van der Waals surface area (Å²) in [4.78, 5) is 10.7. The number of aromatic hydroxyl groups is 1. The molecule has 0 saturated carbocycles. The highest BCUT2D eigenvalue weighted by Gasteiger charge is 2.03. The van der Waals surface area contributed by atoms with Crippen LogP contribution in [0.3, 0.4) is 0 Å². The van der Waals surface area contributed by atoms with Crippen LogP contribution in [0.2, 0.25) is 0 Å². The second-order valence-corrected chi connectivity index (χ2v) is 3.75. The van der Waals surface area contributed by atoms with Gasteiger partial charge in [-0.15, -0.1) is 0 Å². The quantitative estimate of drug-likeness (QED) is 0.793. The number of benzene rings is 2. The number of hydrogen-bond acceptors (Lipinski definition) is 3. The molecule has 0 radical (unpaired) electrons. The van der Waals surface area contributed by atoms with Crippen molar-refractivity contribution in [3.8, 4) is 16.9 Å². The highest BCUT2D eigenvalue weighted by molar-refractivity contribution is 5.82. The van der Waals surface area contributed by atoms with Crippen molar-refractivity contribution in [3.05, 3.63) is 53.6 Å². The third kappa shape index (κ3) is 2.34. The fraction of sp³-hybridized carbons (Fsp3) is 0.0714. The Bertz CT molecular complexity index is 530. The van der Waals surface area contributed by atoms with Gasteiger partial charge in [-0.05, 0) is 28.8 Å². The lowest BCUT2D eigenvalue weighted by Crippen LogP contribution is -1.86. The van der Waals surface area contributed by atoms with Crippen molar-refractivity contribution in [3.63, 3.8) is 0 Å². The molecule has 0 atom stereocenters.